The maximum atomic E-state index is 14.8. The third-order valence-corrected chi connectivity index (χ3v) is 8.99. The zero-order chi connectivity index (χ0) is 27.2. The fourth-order valence-corrected chi connectivity index (χ4v) is 6.65. The van der Waals surface area contributed by atoms with Gasteiger partial charge in [0.1, 0.15) is 6.04 Å². The maximum absolute atomic E-state index is 14.8. The van der Waals surface area contributed by atoms with Crippen LogP contribution in [0.25, 0.3) is 11.3 Å². The predicted octanol–water partition coefficient (Wildman–Crippen LogP) is 5.13. The van der Waals surface area contributed by atoms with E-state index in [0.29, 0.717) is 24.8 Å². The number of nitrogens with zero attached hydrogens (tertiary/aromatic N) is 3. The number of nitrogens with one attached hydrogen (secondary N) is 1. The molecular formula is C24H32F4N4O4S. The Morgan fingerprint density at radius 1 is 1.35 bits per heavy atom. The summed E-state index contributed by atoms with van der Waals surface area (Å²) in [5.74, 6) is -1.10. The van der Waals surface area contributed by atoms with E-state index >= 15 is 0 Å². The number of ether oxygens (including phenoxy) is 1. The van der Waals surface area contributed by atoms with E-state index in [4.69, 9.17) is 4.74 Å². The molecule has 1 aliphatic heterocycles. The Hall–Kier alpha value is -2.38. The van der Waals surface area contributed by atoms with Crippen molar-refractivity contribution in [3.8, 4) is 17.1 Å². The highest BCUT2D eigenvalue weighted by molar-refractivity contribution is 8.24. The van der Waals surface area contributed by atoms with Crippen LogP contribution in [0.2, 0.25) is 0 Å². The number of fused-ring (bicyclic) bond motifs is 1. The monoisotopic (exact) mass is 548 g/mol. The molecule has 206 valence electrons. The van der Waals surface area contributed by atoms with Crippen LogP contribution in [-0.4, -0.2) is 59.6 Å². The Bertz CT molecular complexity index is 1160. The van der Waals surface area contributed by atoms with E-state index in [9.17, 15) is 31.5 Å². The summed E-state index contributed by atoms with van der Waals surface area (Å²) in [6, 6.07) is -0.647. The molecule has 13 heteroatoms. The van der Waals surface area contributed by atoms with E-state index in [0.717, 1.165) is 17.8 Å². The van der Waals surface area contributed by atoms with Crippen LogP contribution >= 0.6 is 10.6 Å². The Kier molecular flexibility index (Phi) is 7.52. The largest absolute Gasteiger partial charge is 0.478 e. The summed E-state index contributed by atoms with van der Waals surface area (Å²) in [6.07, 6.45) is -2.22. The van der Waals surface area contributed by atoms with Crippen molar-refractivity contribution in [2.24, 2.45) is 5.92 Å². The zero-order valence-electron chi connectivity index (χ0n) is 20.9. The normalized spacial score (nSPS) is 22.6. The van der Waals surface area contributed by atoms with E-state index in [2.05, 4.69) is 15.4 Å². The summed E-state index contributed by atoms with van der Waals surface area (Å²) in [6.45, 7) is 4.83. The average molecular weight is 549 g/mol. The van der Waals surface area contributed by atoms with Gasteiger partial charge in [-0.05, 0) is 46.5 Å². The van der Waals surface area contributed by atoms with Gasteiger partial charge in [0.2, 0.25) is 11.8 Å². The summed E-state index contributed by atoms with van der Waals surface area (Å²) in [4.78, 5) is 17.1. The average Bonchev–Trinajstić information content (AvgIpc) is 3.20. The van der Waals surface area contributed by atoms with Crippen molar-refractivity contribution in [2.75, 3.05) is 18.1 Å². The minimum atomic E-state index is -4.60. The van der Waals surface area contributed by atoms with Crippen LogP contribution in [0, 0.1) is 11.7 Å². The summed E-state index contributed by atoms with van der Waals surface area (Å²) in [5.41, 5.74) is 0.198. The van der Waals surface area contributed by atoms with E-state index < -0.39 is 40.1 Å². The second-order valence-corrected chi connectivity index (χ2v) is 12.5. The molecule has 8 nitrogen and oxygen atoms in total. The number of amides is 1. The quantitative estimate of drug-likeness (QED) is 0.432. The van der Waals surface area contributed by atoms with Gasteiger partial charge in [-0.25, -0.2) is 9.37 Å². The van der Waals surface area contributed by atoms with Crippen LogP contribution in [0.4, 0.5) is 17.6 Å². The number of pyridine rings is 1. The van der Waals surface area contributed by atoms with Gasteiger partial charge < -0.3 is 10.1 Å². The predicted molar refractivity (Wildman–Crippen MR) is 131 cm³/mol. The molecule has 1 amide bonds. The molecule has 3 N–H and O–H groups in total. The highest BCUT2D eigenvalue weighted by Gasteiger charge is 2.43. The lowest BCUT2D eigenvalue weighted by Gasteiger charge is -2.45. The van der Waals surface area contributed by atoms with Crippen molar-refractivity contribution in [1.82, 2.24) is 20.1 Å². The topological polar surface area (TPSA) is 110 Å². The number of rotatable bonds is 6. The van der Waals surface area contributed by atoms with Crippen LogP contribution in [0.3, 0.4) is 0 Å². The van der Waals surface area contributed by atoms with Crippen LogP contribution in [0.1, 0.15) is 57.3 Å². The van der Waals surface area contributed by atoms with Gasteiger partial charge >= 0.3 is 6.18 Å². The molecule has 3 heterocycles. The van der Waals surface area contributed by atoms with Crippen molar-refractivity contribution in [3.05, 3.63) is 29.3 Å². The number of halogens is 4. The number of alkyl halides is 3. The first-order valence-electron chi connectivity index (χ1n) is 12.2. The number of carbonyl (C=O) groups is 1. The van der Waals surface area contributed by atoms with Gasteiger partial charge in [0.05, 0.1) is 18.5 Å². The molecule has 0 saturated carbocycles. The first-order chi connectivity index (χ1) is 17.2. The first-order valence-corrected chi connectivity index (χ1v) is 14.1. The number of hydrogen-bond donors (Lipinski definition) is 3. The van der Waals surface area contributed by atoms with Crippen molar-refractivity contribution in [1.29, 1.82) is 0 Å². The minimum absolute atomic E-state index is 0.000525. The fourth-order valence-electron chi connectivity index (χ4n) is 4.89. The molecule has 37 heavy (non-hydrogen) atoms. The molecular weight excluding hydrogens is 516 g/mol. The van der Waals surface area contributed by atoms with E-state index in [-0.39, 0.29) is 59.7 Å². The lowest BCUT2D eigenvalue weighted by atomic mass is 9.84. The standard InChI is InChI=1S/C24H32F4N4O4S/c1-4-36-20-12-17(18(25)13-29-20)21-16-6-5-15(11-19(16)32(31-21)14(2)24(26,27)28)22(33)30-23(3)7-9-37(34,35)10-8-23/h12-15,34-35H,4-11H2,1-3H3,(H,30,33)/t14?,15-/m1/s1. The summed E-state index contributed by atoms with van der Waals surface area (Å²) < 4.78 is 82.0. The Morgan fingerprint density at radius 2 is 2.03 bits per heavy atom. The highest BCUT2D eigenvalue weighted by Crippen LogP contribution is 2.47. The second kappa shape index (κ2) is 10.1. The van der Waals surface area contributed by atoms with Gasteiger partial charge in [-0.15, -0.1) is 0 Å². The molecule has 0 radical (unpaired) electrons. The number of aromatic nitrogens is 3. The zero-order valence-corrected chi connectivity index (χ0v) is 21.8. The first kappa shape index (κ1) is 27.6. The van der Waals surface area contributed by atoms with Crippen molar-refractivity contribution >= 4 is 16.5 Å². The third-order valence-electron chi connectivity index (χ3n) is 7.28. The lowest BCUT2D eigenvalue weighted by Crippen LogP contribution is -2.52. The van der Waals surface area contributed by atoms with Gasteiger partial charge in [0, 0.05) is 52.3 Å². The minimum Gasteiger partial charge on any atom is -0.478 e. The Labute approximate surface area is 214 Å². The molecule has 0 aromatic carbocycles. The number of carbonyl (C=O) groups excluding carboxylic acids is 1. The van der Waals surface area contributed by atoms with Gasteiger partial charge in [0.25, 0.3) is 0 Å². The van der Waals surface area contributed by atoms with Gasteiger partial charge in [0.15, 0.2) is 5.82 Å². The summed E-state index contributed by atoms with van der Waals surface area (Å²) in [7, 11) is -2.63. The van der Waals surface area contributed by atoms with Gasteiger partial charge in [-0.3, -0.25) is 18.6 Å². The van der Waals surface area contributed by atoms with Crippen LogP contribution in [0.15, 0.2) is 12.3 Å². The van der Waals surface area contributed by atoms with Gasteiger partial charge in [-0.1, -0.05) is 0 Å². The van der Waals surface area contributed by atoms with Gasteiger partial charge in [-0.2, -0.15) is 28.9 Å². The lowest BCUT2D eigenvalue weighted by molar-refractivity contribution is -0.165. The summed E-state index contributed by atoms with van der Waals surface area (Å²) >= 11 is 0. The molecule has 1 unspecified atom stereocenters. The molecule has 4 rings (SSSR count). The van der Waals surface area contributed by atoms with Crippen LogP contribution in [0.5, 0.6) is 5.88 Å². The van der Waals surface area contributed by atoms with Crippen molar-refractivity contribution in [2.45, 2.75) is 70.6 Å². The Balaban J connectivity index is 1.65. The Morgan fingerprint density at radius 3 is 2.65 bits per heavy atom. The summed E-state index contributed by atoms with van der Waals surface area (Å²) in [5, 5.41) is 7.22. The SMILES string of the molecule is CCOc1cc(-c2nn(C(C)C(F)(F)F)c3c2CC[C@@H](C(=O)NC2(C)CCS(O)(O)CC2)C3)c(F)cn1. The third kappa shape index (κ3) is 5.88. The van der Waals surface area contributed by atoms with Crippen molar-refractivity contribution in [3.63, 3.8) is 0 Å². The van der Waals surface area contributed by atoms with E-state index in [1.54, 1.807) is 6.92 Å². The molecule has 2 aliphatic rings. The fraction of sp³-hybridized carbons (Fsp3) is 0.625. The number of hydrogen-bond acceptors (Lipinski definition) is 6. The molecule has 1 fully saturated rings. The molecule has 0 spiro atoms. The molecule has 2 atom stereocenters. The van der Waals surface area contributed by atoms with E-state index in [1.165, 1.54) is 6.07 Å². The van der Waals surface area contributed by atoms with Crippen LogP contribution in [-0.2, 0) is 17.6 Å². The maximum Gasteiger partial charge on any atom is 0.410 e. The van der Waals surface area contributed by atoms with Crippen LogP contribution < -0.4 is 10.1 Å². The molecule has 1 saturated heterocycles. The van der Waals surface area contributed by atoms with E-state index in [1.807, 2.05) is 6.92 Å². The smallest absolute Gasteiger partial charge is 0.410 e. The molecule has 1 aliphatic carbocycles. The second-order valence-electron chi connectivity index (χ2n) is 10.1. The highest BCUT2D eigenvalue weighted by atomic mass is 32.3. The molecule has 2 aromatic heterocycles. The molecule has 0 bridgehead atoms. The van der Waals surface area contributed by atoms with Crippen molar-refractivity contribution < 1.29 is 36.2 Å². The molecule has 2 aromatic rings.